The summed E-state index contributed by atoms with van der Waals surface area (Å²) in [6.07, 6.45) is 0. The van der Waals surface area contributed by atoms with Crippen molar-refractivity contribution in [2.24, 2.45) is 5.73 Å². The van der Waals surface area contributed by atoms with E-state index in [2.05, 4.69) is 11.9 Å². The zero-order valence-corrected chi connectivity index (χ0v) is 9.38. The number of benzene rings is 1. The standard InChI is InChI=1S/C11H13N3O4/c1-6(12)9(11(17)14-18)13-10(16)7-2-4-8(15)5-3-7/h2-5,9,15,18H,1,12H2,(H,13,16)(H,14,17)/t9-/m0/s1. The van der Waals surface area contributed by atoms with Crippen molar-refractivity contribution >= 4 is 11.8 Å². The zero-order chi connectivity index (χ0) is 13.7. The van der Waals surface area contributed by atoms with E-state index in [1.807, 2.05) is 0 Å². The first-order chi connectivity index (χ1) is 8.45. The summed E-state index contributed by atoms with van der Waals surface area (Å²) in [5.41, 5.74) is 6.83. The van der Waals surface area contributed by atoms with Crippen LogP contribution in [0.4, 0.5) is 0 Å². The van der Waals surface area contributed by atoms with E-state index in [0.717, 1.165) is 0 Å². The summed E-state index contributed by atoms with van der Waals surface area (Å²) >= 11 is 0. The van der Waals surface area contributed by atoms with E-state index >= 15 is 0 Å². The summed E-state index contributed by atoms with van der Waals surface area (Å²) in [4.78, 5) is 23.0. The number of hydrogen-bond acceptors (Lipinski definition) is 5. The number of carbonyl (C=O) groups is 2. The van der Waals surface area contributed by atoms with Gasteiger partial charge in [-0.15, -0.1) is 0 Å². The molecule has 7 nitrogen and oxygen atoms in total. The van der Waals surface area contributed by atoms with Crippen LogP contribution in [0.1, 0.15) is 10.4 Å². The number of amides is 2. The second-order valence-electron chi connectivity index (χ2n) is 3.50. The third-order valence-electron chi connectivity index (χ3n) is 2.15. The number of phenols is 1. The molecule has 1 aromatic rings. The predicted octanol–water partition coefficient (Wildman–Crippen LogP) is -0.532. The third kappa shape index (κ3) is 3.22. The maximum absolute atomic E-state index is 11.7. The Kier molecular flexibility index (Phi) is 4.27. The number of aromatic hydroxyl groups is 1. The number of carbonyl (C=O) groups excluding carboxylic acids is 2. The summed E-state index contributed by atoms with van der Waals surface area (Å²) in [7, 11) is 0. The molecule has 18 heavy (non-hydrogen) atoms. The van der Waals surface area contributed by atoms with E-state index in [-0.39, 0.29) is 17.0 Å². The molecule has 0 aliphatic rings. The van der Waals surface area contributed by atoms with E-state index < -0.39 is 17.9 Å². The van der Waals surface area contributed by atoms with Crippen LogP contribution in [0.5, 0.6) is 5.75 Å². The van der Waals surface area contributed by atoms with Gasteiger partial charge in [0.05, 0.1) is 0 Å². The molecule has 0 radical (unpaired) electrons. The van der Waals surface area contributed by atoms with Crippen molar-refractivity contribution in [3.63, 3.8) is 0 Å². The lowest BCUT2D eigenvalue weighted by Crippen LogP contribution is -2.48. The molecule has 0 spiro atoms. The Morgan fingerprint density at radius 3 is 2.28 bits per heavy atom. The minimum absolute atomic E-state index is 0.0134. The van der Waals surface area contributed by atoms with Crippen molar-refractivity contribution in [1.82, 2.24) is 10.8 Å². The summed E-state index contributed by atoms with van der Waals surface area (Å²) in [5.74, 6) is -1.47. The quantitative estimate of drug-likeness (QED) is 0.363. The van der Waals surface area contributed by atoms with Gasteiger partial charge in [-0.25, -0.2) is 5.48 Å². The fraction of sp³-hybridized carbons (Fsp3) is 0.0909. The minimum atomic E-state index is -1.24. The molecular formula is C11H13N3O4. The molecule has 0 aliphatic carbocycles. The van der Waals surface area contributed by atoms with Crippen molar-refractivity contribution in [2.75, 3.05) is 0 Å². The molecule has 0 saturated carbocycles. The van der Waals surface area contributed by atoms with Gasteiger partial charge >= 0.3 is 0 Å². The molecular weight excluding hydrogens is 238 g/mol. The molecule has 2 amide bonds. The zero-order valence-electron chi connectivity index (χ0n) is 9.38. The average molecular weight is 251 g/mol. The Morgan fingerprint density at radius 1 is 1.28 bits per heavy atom. The maximum Gasteiger partial charge on any atom is 0.272 e. The molecule has 6 N–H and O–H groups in total. The van der Waals surface area contributed by atoms with Gasteiger partial charge in [0, 0.05) is 11.3 Å². The van der Waals surface area contributed by atoms with Crippen molar-refractivity contribution in [3.8, 4) is 5.75 Å². The molecule has 7 heteroatoms. The topological polar surface area (TPSA) is 125 Å². The first-order valence-electron chi connectivity index (χ1n) is 4.94. The molecule has 0 aromatic heterocycles. The number of phenolic OH excluding ortho intramolecular Hbond substituents is 1. The lowest BCUT2D eigenvalue weighted by molar-refractivity contribution is -0.130. The molecule has 0 aliphatic heterocycles. The highest BCUT2D eigenvalue weighted by atomic mass is 16.5. The number of hydroxylamine groups is 1. The largest absolute Gasteiger partial charge is 0.508 e. The fourth-order valence-corrected chi connectivity index (χ4v) is 1.22. The van der Waals surface area contributed by atoms with Crippen LogP contribution >= 0.6 is 0 Å². The fourth-order valence-electron chi connectivity index (χ4n) is 1.22. The predicted molar refractivity (Wildman–Crippen MR) is 62.6 cm³/mol. The Bertz CT molecular complexity index is 470. The van der Waals surface area contributed by atoms with Crippen LogP contribution in [0.3, 0.4) is 0 Å². The Balaban J connectivity index is 2.82. The maximum atomic E-state index is 11.7. The summed E-state index contributed by atoms with van der Waals surface area (Å²) in [6, 6.07) is 4.16. The minimum Gasteiger partial charge on any atom is -0.508 e. The smallest absolute Gasteiger partial charge is 0.272 e. The van der Waals surface area contributed by atoms with Gasteiger partial charge in [0.1, 0.15) is 11.8 Å². The molecule has 96 valence electrons. The highest BCUT2D eigenvalue weighted by molar-refractivity contribution is 5.98. The normalized spacial score (nSPS) is 11.4. The van der Waals surface area contributed by atoms with Crippen LogP contribution in [0.25, 0.3) is 0 Å². The molecule has 1 atom stereocenters. The van der Waals surface area contributed by atoms with Crippen LogP contribution < -0.4 is 16.5 Å². The highest BCUT2D eigenvalue weighted by Crippen LogP contribution is 2.09. The Labute approximate surface area is 103 Å². The number of nitrogens with one attached hydrogen (secondary N) is 2. The monoisotopic (exact) mass is 251 g/mol. The lowest BCUT2D eigenvalue weighted by Gasteiger charge is -2.16. The Morgan fingerprint density at radius 2 is 1.83 bits per heavy atom. The van der Waals surface area contributed by atoms with Gasteiger partial charge < -0.3 is 16.2 Å². The molecule has 0 unspecified atom stereocenters. The van der Waals surface area contributed by atoms with Gasteiger partial charge in [0.25, 0.3) is 11.8 Å². The SMILES string of the molecule is C=C(N)[C@H](NC(=O)c1ccc(O)cc1)C(=O)NO. The van der Waals surface area contributed by atoms with Crippen molar-refractivity contribution in [2.45, 2.75) is 6.04 Å². The second-order valence-corrected chi connectivity index (χ2v) is 3.50. The summed E-state index contributed by atoms with van der Waals surface area (Å²) in [5, 5.41) is 19.9. The van der Waals surface area contributed by atoms with Gasteiger partial charge in [-0.1, -0.05) is 6.58 Å². The van der Waals surface area contributed by atoms with E-state index in [0.29, 0.717) is 0 Å². The Hall–Kier alpha value is -2.54. The summed E-state index contributed by atoms with van der Waals surface area (Å²) in [6.45, 7) is 3.34. The summed E-state index contributed by atoms with van der Waals surface area (Å²) < 4.78 is 0. The molecule has 0 heterocycles. The first-order valence-corrected chi connectivity index (χ1v) is 4.94. The van der Waals surface area contributed by atoms with Gasteiger partial charge in [-0.05, 0) is 24.3 Å². The number of rotatable bonds is 4. The van der Waals surface area contributed by atoms with Crippen LogP contribution in [0, 0.1) is 0 Å². The van der Waals surface area contributed by atoms with E-state index in [4.69, 9.17) is 16.0 Å². The first kappa shape index (κ1) is 13.5. The van der Waals surface area contributed by atoms with Crippen molar-refractivity contribution in [3.05, 3.63) is 42.1 Å². The highest BCUT2D eigenvalue weighted by Gasteiger charge is 2.22. The van der Waals surface area contributed by atoms with Crippen LogP contribution in [-0.4, -0.2) is 28.2 Å². The van der Waals surface area contributed by atoms with Gasteiger partial charge in [0.15, 0.2) is 0 Å². The van der Waals surface area contributed by atoms with E-state index in [9.17, 15) is 9.59 Å². The molecule has 0 fully saturated rings. The third-order valence-corrected chi connectivity index (χ3v) is 2.15. The van der Waals surface area contributed by atoms with Gasteiger partial charge in [-0.3, -0.25) is 14.8 Å². The second kappa shape index (κ2) is 5.69. The van der Waals surface area contributed by atoms with Gasteiger partial charge in [-0.2, -0.15) is 0 Å². The van der Waals surface area contributed by atoms with Crippen LogP contribution in [-0.2, 0) is 4.79 Å². The molecule has 0 saturated heterocycles. The van der Waals surface area contributed by atoms with E-state index in [1.54, 1.807) is 0 Å². The molecule has 1 rings (SSSR count). The average Bonchev–Trinajstić information content (AvgIpc) is 2.35. The van der Waals surface area contributed by atoms with E-state index in [1.165, 1.54) is 29.7 Å². The van der Waals surface area contributed by atoms with Crippen LogP contribution in [0.2, 0.25) is 0 Å². The van der Waals surface area contributed by atoms with Gasteiger partial charge in [0.2, 0.25) is 0 Å². The van der Waals surface area contributed by atoms with Crippen LogP contribution in [0.15, 0.2) is 36.5 Å². The molecule has 1 aromatic carbocycles. The number of nitrogens with two attached hydrogens (primary N) is 1. The lowest BCUT2D eigenvalue weighted by atomic mass is 10.1. The van der Waals surface area contributed by atoms with Crippen molar-refractivity contribution < 1.29 is 19.9 Å². The van der Waals surface area contributed by atoms with Crippen molar-refractivity contribution in [1.29, 1.82) is 0 Å². The number of hydrogen-bond donors (Lipinski definition) is 5. The molecule has 0 bridgehead atoms.